The van der Waals surface area contributed by atoms with Gasteiger partial charge in [-0.25, -0.2) is 0 Å². The van der Waals surface area contributed by atoms with Crippen molar-refractivity contribution in [2.24, 2.45) is 5.92 Å². The molecule has 1 aliphatic heterocycles. The number of rotatable bonds is 9. The fourth-order valence-corrected chi connectivity index (χ4v) is 3.82. The Morgan fingerprint density at radius 2 is 1.91 bits per heavy atom. The van der Waals surface area contributed by atoms with Crippen LogP contribution in [0.5, 0.6) is 5.75 Å². The highest BCUT2D eigenvalue weighted by Gasteiger charge is 2.30. The summed E-state index contributed by atoms with van der Waals surface area (Å²) < 4.78 is 43.6. The molecule has 2 aromatic rings. The zero-order valence-electron chi connectivity index (χ0n) is 18.1. The molecule has 8 heteroatoms. The van der Waals surface area contributed by atoms with Crippen LogP contribution in [0.25, 0.3) is 0 Å². The Labute approximate surface area is 186 Å². The summed E-state index contributed by atoms with van der Waals surface area (Å²) in [4.78, 5) is 13.6. The summed E-state index contributed by atoms with van der Waals surface area (Å²) in [6.07, 6.45) is -3.91. The summed E-state index contributed by atoms with van der Waals surface area (Å²) in [7, 11) is 0. The van der Waals surface area contributed by atoms with Crippen molar-refractivity contribution < 1.29 is 27.8 Å². The number of nitrogens with zero attached hydrogens (tertiary/aromatic N) is 1. The minimum Gasteiger partial charge on any atom is -0.491 e. The van der Waals surface area contributed by atoms with Crippen molar-refractivity contribution in [1.82, 2.24) is 10.2 Å². The number of halogens is 3. The summed E-state index contributed by atoms with van der Waals surface area (Å²) in [6.45, 7) is 4.33. The van der Waals surface area contributed by atoms with E-state index in [1.807, 2.05) is 25.1 Å². The fourth-order valence-electron chi connectivity index (χ4n) is 3.82. The van der Waals surface area contributed by atoms with Crippen molar-refractivity contribution in [2.75, 3.05) is 26.2 Å². The molecule has 5 nitrogen and oxygen atoms in total. The molecule has 1 aliphatic rings. The van der Waals surface area contributed by atoms with E-state index in [4.69, 9.17) is 4.74 Å². The van der Waals surface area contributed by atoms with Crippen molar-refractivity contribution in [3.05, 3.63) is 65.2 Å². The van der Waals surface area contributed by atoms with Crippen molar-refractivity contribution >= 4 is 5.91 Å². The first kappa shape index (κ1) is 24.1. The first-order valence-electron chi connectivity index (χ1n) is 10.7. The van der Waals surface area contributed by atoms with E-state index in [1.165, 1.54) is 12.1 Å². The van der Waals surface area contributed by atoms with Gasteiger partial charge in [0.1, 0.15) is 18.5 Å². The number of alkyl halides is 3. The summed E-state index contributed by atoms with van der Waals surface area (Å²) >= 11 is 0. The van der Waals surface area contributed by atoms with Crippen molar-refractivity contribution in [3.8, 4) is 5.75 Å². The normalized spacial score (nSPS) is 17.8. The van der Waals surface area contributed by atoms with Crippen LogP contribution in [0, 0.1) is 12.8 Å². The molecule has 2 N–H and O–H groups in total. The largest absolute Gasteiger partial charge is 0.491 e. The topological polar surface area (TPSA) is 61.8 Å². The minimum absolute atomic E-state index is 0.0307. The Hall–Kier alpha value is -2.58. The molecule has 1 fully saturated rings. The van der Waals surface area contributed by atoms with E-state index < -0.39 is 17.8 Å². The number of aryl methyl sites for hydroxylation is 1. The average Bonchev–Trinajstić information content (AvgIpc) is 2.75. The van der Waals surface area contributed by atoms with Gasteiger partial charge in [-0.05, 0) is 54.7 Å². The van der Waals surface area contributed by atoms with Gasteiger partial charge in [-0.2, -0.15) is 13.2 Å². The number of benzene rings is 2. The van der Waals surface area contributed by atoms with Gasteiger partial charge in [-0.3, -0.25) is 9.69 Å². The molecule has 1 heterocycles. The summed E-state index contributed by atoms with van der Waals surface area (Å²) in [5.74, 6) is 0.633. The zero-order chi connectivity index (χ0) is 23.1. The smallest absolute Gasteiger partial charge is 0.416 e. The number of hydrogen-bond donors (Lipinski definition) is 2. The number of aliphatic hydroxyl groups is 1. The van der Waals surface area contributed by atoms with Gasteiger partial charge in [0, 0.05) is 32.6 Å². The molecule has 0 bridgehead atoms. The lowest BCUT2D eigenvalue weighted by Crippen LogP contribution is -2.43. The quantitative estimate of drug-likeness (QED) is 0.611. The molecular formula is C24H29F3N2O3. The summed E-state index contributed by atoms with van der Waals surface area (Å²) in [5.41, 5.74) is 1.57. The molecular weight excluding hydrogens is 421 g/mol. The predicted octanol–water partition coefficient (Wildman–Crippen LogP) is 3.78. The lowest BCUT2D eigenvalue weighted by atomic mass is 9.98. The van der Waals surface area contributed by atoms with Crippen LogP contribution in [0.2, 0.25) is 0 Å². The molecule has 1 amide bonds. The maximum Gasteiger partial charge on any atom is 0.416 e. The number of amides is 1. The number of hydrogen-bond acceptors (Lipinski definition) is 4. The number of nitrogens with one attached hydrogen (secondary N) is 1. The Kier molecular flexibility index (Phi) is 8.15. The van der Waals surface area contributed by atoms with E-state index >= 15 is 0 Å². The number of aliphatic hydroxyl groups excluding tert-OH is 1. The van der Waals surface area contributed by atoms with E-state index in [9.17, 15) is 23.1 Å². The monoisotopic (exact) mass is 450 g/mol. The Morgan fingerprint density at radius 1 is 1.19 bits per heavy atom. The molecule has 0 aliphatic carbocycles. The molecule has 3 rings (SSSR count). The Balaban J connectivity index is 1.58. The van der Waals surface area contributed by atoms with Crippen molar-refractivity contribution in [1.29, 1.82) is 0 Å². The van der Waals surface area contributed by atoms with Gasteiger partial charge < -0.3 is 15.2 Å². The highest BCUT2D eigenvalue weighted by atomic mass is 19.4. The molecule has 0 saturated carbocycles. The summed E-state index contributed by atoms with van der Waals surface area (Å²) in [6, 6.07) is 12.5. The minimum atomic E-state index is -4.40. The highest BCUT2D eigenvalue weighted by molar-refractivity contribution is 5.76. The molecule has 174 valence electrons. The molecule has 2 atom stereocenters. The number of carbonyl (C=O) groups is 1. The number of piperidine rings is 1. The SMILES string of the molecule is Cc1ccccc1CN(CC(O)COc1ccc(C(F)(F)F)cc1)CC1CCC(=O)NC1. The third-order valence-corrected chi connectivity index (χ3v) is 5.63. The average molecular weight is 451 g/mol. The van der Waals surface area contributed by atoms with Crippen LogP contribution < -0.4 is 10.1 Å². The van der Waals surface area contributed by atoms with Gasteiger partial charge in [0.25, 0.3) is 0 Å². The van der Waals surface area contributed by atoms with Gasteiger partial charge >= 0.3 is 6.18 Å². The summed E-state index contributed by atoms with van der Waals surface area (Å²) in [5, 5.41) is 13.5. The lowest BCUT2D eigenvalue weighted by Gasteiger charge is -2.31. The third kappa shape index (κ3) is 7.24. The highest BCUT2D eigenvalue weighted by Crippen LogP contribution is 2.30. The van der Waals surface area contributed by atoms with E-state index in [0.29, 0.717) is 38.5 Å². The molecule has 32 heavy (non-hydrogen) atoms. The predicted molar refractivity (Wildman–Crippen MR) is 115 cm³/mol. The maximum atomic E-state index is 12.7. The molecule has 0 spiro atoms. The molecule has 2 unspecified atom stereocenters. The molecule has 1 saturated heterocycles. The molecule has 0 aromatic heterocycles. The number of carbonyl (C=O) groups excluding carboxylic acids is 1. The van der Waals surface area contributed by atoms with Gasteiger partial charge in [0.05, 0.1) is 5.56 Å². The van der Waals surface area contributed by atoms with Crippen LogP contribution in [0.1, 0.15) is 29.5 Å². The maximum absolute atomic E-state index is 12.7. The Morgan fingerprint density at radius 3 is 2.53 bits per heavy atom. The first-order chi connectivity index (χ1) is 15.2. The Bertz CT molecular complexity index is 877. The van der Waals surface area contributed by atoms with Gasteiger partial charge in [-0.1, -0.05) is 24.3 Å². The zero-order valence-corrected chi connectivity index (χ0v) is 18.1. The molecule has 0 radical (unpaired) electrons. The number of ether oxygens (including phenoxy) is 1. The fraction of sp³-hybridized carbons (Fsp3) is 0.458. The van der Waals surface area contributed by atoms with Crippen LogP contribution >= 0.6 is 0 Å². The first-order valence-corrected chi connectivity index (χ1v) is 10.7. The van der Waals surface area contributed by atoms with Crippen LogP contribution in [0.4, 0.5) is 13.2 Å². The second kappa shape index (κ2) is 10.8. The van der Waals surface area contributed by atoms with Gasteiger partial charge in [0.15, 0.2) is 0 Å². The van der Waals surface area contributed by atoms with Gasteiger partial charge in [0.2, 0.25) is 5.91 Å². The third-order valence-electron chi connectivity index (χ3n) is 5.63. The van der Waals surface area contributed by atoms with Crippen molar-refractivity contribution in [2.45, 2.75) is 38.6 Å². The van der Waals surface area contributed by atoms with Gasteiger partial charge in [-0.15, -0.1) is 0 Å². The van der Waals surface area contributed by atoms with Crippen LogP contribution in [-0.2, 0) is 17.5 Å². The lowest BCUT2D eigenvalue weighted by molar-refractivity contribution is -0.137. The van der Waals surface area contributed by atoms with Crippen LogP contribution in [-0.4, -0.2) is 48.3 Å². The molecule has 2 aromatic carbocycles. The standard InChI is InChI=1S/C24H29F3N2O3/c1-17-4-2-3-5-19(17)14-29(13-18-6-11-23(31)28-12-18)15-21(30)16-32-22-9-7-20(8-10-22)24(25,26)27/h2-5,7-10,18,21,30H,6,11-16H2,1H3,(H,28,31). The van der Waals surface area contributed by atoms with Crippen LogP contribution in [0.15, 0.2) is 48.5 Å². The van der Waals surface area contributed by atoms with Crippen molar-refractivity contribution in [3.63, 3.8) is 0 Å². The second-order valence-corrected chi connectivity index (χ2v) is 8.32. The van der Waals surface area contributed by atoms with E-state index in [0.717, 1.165) is 29.7 Å². The van der Waals surface area contributed by atoms with E-state index in [1.54, 1.807) is 0 Å². The second-order valence-electron chi connectivity index (χ2n) is 8.32. The van der Waals surface area contributed by atoms with E-state index in [-0.39, 0.29) is 18.3 Å². The van der Waals surface area contributed by atoms with E-state index in [2.05, 4.69) is 16.3 Å². The van der Waals surface area contributed by atoms with Crippen LogP contribution in [0.3, 0.4) is 0 Å².